The molecule has 1 amide bonds. The first kappa shape index (κ1) is 26.8. The Balaban J connectivity index is 1.82. The van der Waals surface area contributed by atoms with E-state index >= 15 is 0 Å². The number of hydrogen-bond donors (Lipinski definition) is 1. The number of ether oxygens (including phenoxy) is 2. The molecule has 0 saturated carbocycles. The van der Waals surface area contributed by atoms with Crippen LogP contribution < -0.4 is 14.8 Å². The van der Waals surface area contributed by atoms with Crippen LogP contribution in [0.3, 0.4) is 0 Å². The second-order valence-corrected chi connectivity index (χ2v) is 10.7. The smallest absolute Gasteiger partial charge is 0.345 e. The van der Waals surface area contributed by atoms with Gasteiger partial charge in [0.15, 0.2) is 11.5 Å². The molecule has 0 bridgehead atoms. The Morgan fingerprint density at radius 3 is 2.58 bits per heavy atom. The quantitative estimate of drug-likeness (QED) is 0.137. The third-order valence-corrected chi connectivity index (χ3v) is 7.86. The number of nitriles is 1. The van der Waals surface area contributed by atoms with Crippen molar-refractivity contribution in [3.63, 3.8) is 0 Å². The highest BCUT2D eigenvalue weighted by atomic mass is 35.5. The van der Waals surface area contributed by atoms with Crippen molar-refractivity contribution in [1.29, 1.82) is 5.26 Å². The summed E-state index contributed by atoms with van der Waals surface area (Å²) >= 11 is 6.74. The summed E-state index contributed by atoms with van der Waals surface area (Å²) in [6.45, 7) is 3.46. The third-order valence-electron chi connectivity index (χ3n) is 4.51. The minimum absolute atomic E-state index is 0.0648. The minimum Gasteiger partial charge on any atom is -0.490 e. The van der Waals surface area contributed by atoms with Crippen molar-refractivity contribution in [2.75, 3.05) is 17.7 Å². The molecule has 0 aliphatic rings. The van der Waals surface area contributed by atoms with Gasteiger partial charge in [-0.3, -0.25) is 10.1 Å². The van der Waals surface area contributed by atoms with Crippen molar-refractivity contribution in [2.24, 2.45) is 0 Å². The van der Waals surface area contributed by atoms with Gasteiger partial charge in [0.25, 0.3) is 5.91 Å². The summed E-state index contributed by atoms with van der Waals surface area (Å²) in [5, 5.41) is 19.2. The van der Waals surface area contributed by atoms with Gasteiger partial charge < -0.3 is 9.47 Å². The predicted molar refractivity (Wildman–Crippen MR) is 134 cm³/mol. The van der Waals surface area contributed by atoms with Gasteiger partial charge in [0, 0.05) is 0 Å². The molecule has 3 rings (SSSR count). The number of aromatic nitrogens is 2. The zero-order chi connectivity index (χ0) is 26.3. The molecule has 1 N–H and O–H groups in total. The molecule has 0 aliphatic carbocycles. The molecule has 13 heteroatoms. The highest BCUT2D eigenvalue weighted by molar-refractivity contribution is 7.93. The molecule has 0 fully saturated rings. The number of carbonyl (C=O) groups excluding carboxylic acids is 2. The molecule has 1 heterocycles. The van der Waals surface area contributed by atoms with Crippen LogP contribution >= 0.6 is 22.9 Å². The lowest BCUT2D eigenvalue weighted by atomic mass is 10.1. The first-order chi connectivity index (χ1) is 17.2. The van der Waals surface area contributed by atoms with E-state index in [9.17, 15) is 23.3 Å². The van der Waals surface area contributed by atoms with Crippen LogP contribution in [0.4, 0.5) is 5.13 Å². The number of hydrogen-bond acceptors (Lipinski definition) is 10. The largest absolute Gasteiger partial charge is 0.490 e. The summed E-state index contributed by atoms with van der Waals surface area (Å²) in [5.41, 5.74) is 0.308. The second kappa shape index (κ2) is 11.8. The number of carbonyl (C=O) groups is 2. The number of amides is 1. The van der Waals surface area contributed by atoms with Gasteiger partial charge in [-0.05, 0) is 42.8 Å². The molecule has 0 spiro atoms. The number of nitrogens with zero attached hydrogens (tertiary/aromatic N) is 3. The molecular formula is C23H19ClN4O6S2. The van der Waals surface area contributed by atoms with Crippen molar-refractivity contribution >= 4 is 55.9 Å². The van der Waals surface area contributed by atoms with Crippen LogP contribution in [0.25, 0.3) is 6.08 Å². The molecule has 0 unspecified atom stereocenters. The van der Waals surface area contributed by atoms with E-state index in [0.717, 1.165) is 0 Å². The van der Waals surface area contributed by atoms with Gasteiger partial charge in [0.2, 0.25) is 19.3 Å². The molecule has 0 aliphatic heterocycles. The maximum atomic E-state index is 12.6. The molecule has 3 aromatic rings. The van der Waals surface area contributed by atoms with Gasteiger partial charge in [-0.1, -0.05) is 48.1 Å². The molecule has 36 heavy (non-hydrogen) atoms. The highest BCUT2D eigenvalue weighted by Gasteiger charge is 2.20. The fourth-order valence-corrected chi connectivity index (χ4v) is 4.93. The van der Waals surface area contributed by atoms with Gasteiger partial charge in [-0.25, -0.2) is 13.2 Å². The highest BCUT2D eigenvalue weighted by Crippen LogP contribution is 2.31. The van der Waals surface area contributed by atoms with Crippen LogP contribution in [0.2, 0.25) is 5.02 Å². The van der Waals surface area contributed by atoms with Crippen LogP contribution in [0.5, 0.6) is 11.5 Å². The topological polar surface area (TPSA) is 148 Å². The zero-order valence-electron chi connectivity index (χ0n) is 19.0. The molecule has 10 nitrogen and oxygen atoms in total. The number of nitrogens with one attached hydrogen (secondary N) is 1. The first-order valence-corrected chi connectivity index (χ1v) is 13.3. The summed E-state index contributed by atoms with van der Waals surface area (Å²) in [6.07, 6.45) is 1.29. The Morgan fingerprint density at radius 2 is 1.92 bits per heavy atom. The van der Waals surface area contributed by atoms with Crippen LogP contribution in [0, 0.1) is 11.3 Å². The van der Waals surface area contributed by atoms with Crippen molar-refractivity contribution < 1.29 is 27.5 Å². The van der Waals surface area contributed by atoms with Crippen molar-refractivity contribution in [3.05, 3.63) is 64.2 Å². The maximum absolute atomic E-state index is 12.6. The van der Waals surface area contributed by atoms with E-state index in [-0.39, 0.29) is 49.5 Å². The van der Waals surface area contributed by atoms with Gasteiger partial charge in [0.05, 0.1) is 22.9 Å². The van der Waals surface area contributed by atoms with Crippen LogP contribution in [0.15, 0.2) is 52.4 Å². The van der Waals surface area contributed by atoms with Gasteiger partial charge >= 0.3 is 5.97 Å². The monoisotopic (exact) mass is 546 g/mol. The lowest BCUT2D eigenvalue weighted by molar-refractivity contribution is -0.112. The Bertz CT molecular complexity index is 1480. The summed E-state index contributed by atoms with van der Waals surface area (Å²) in [6, 6.07) is 12.7. The number of sulfone groups is 1. The number of anilines is 1. The van der Waals surface area contributed by atoms with Crippen LogP contribution in [-0.4, -0.2) is 42.9 Å². The fourth-order valence-electron chi connectivity index (χ4n) is 2.74. The molecule has 0 radical (unpaired) electrons. The SMILES string of the molecule is CCOc1cc(/C=C(/C#N)C(=O)Nc2nnc(S(=O)(=O)CC)s2)ccc1OC(=O)c1ccccc1Cl. The zero-order valence-corrected chi connectivity index (χ0v) is 21.4. The van der Waals surface area contributed by atoms with E-state index in [1.807, 2.05) is 0 Å². The van der Waals surface area contributed by atoms with Crippen LogP contribution in [-0.2, 0) is 14.6 Å². The number of esters is 1. The standard InChI is InChI=1S/C23H19ClN4O6S2/c1-3-33-19-12-14(9-10-18(19)34-21(30)16-7-5-6-8-17(16)24)11-15(13-25)20(29)26-22-27-28-23(35-22)36(31,32)4-2/h5-12H,3-4H2,1-2H3,(H,26,27,29)/b15-11-. The molecule has 0 atom stereocenters. The Morgan fingerprint density at radius 1 is 1.17 bits per heavy atom. The molecule has 1 aromatic heterocycles. The molecule has 2 aromatic carbocycles. The third kappa shape index (κ3) is 6.45. The number of rotatable bonds is 9. The second-order valence-electron chi connectivity index (χ2n) is 6.91. The van der Waals surface area contributed by atoms with Crippen molar-refractivity contribution in [1.82, 2.24) is 10.2 Å². The average Bonchev–Trinajstić information content (AvgIpc) is 3.33. The predicted octanol–water partition coefficient (Wildman–Crippen LogP) is 4.15. The minimum atomic E-state index is -3.57. The fraction of sp³-hybridized carbons (Fsp3) is 0.174. The Kier molecular flexibility index (Phi) is 8.76. The maximum Gasteiger partial charge on any atom is 0.345 e. The summed E-state index contributed by atoms with van der Waals surface area (Å²) in [7, 11) is -3.57. The molecule has 186 valence electrons. The summed E-state index contributed by atoms with van der Waals surface area (Å²) in [5.74, 6) is -1.31. The van der Waals surface area contributed by atoms with E-state index in [4.69, 9.17) is 21.1 Å². The average molecular weight is 547 g/mol. The lowest BCUT2D eigenvalue weighted by Crippen LogP contribution is -2.13. The van der Waals surface area contributed by atoms with Crippen molar-refractivity contribution in [2.45, 2.75) is 18.2 Å². The van der Waals surface area contributed by atoms with Gasteiger partial charge in [0.1, 0.15) is 11.6 Å². The van der Waals surface area contributed by atoms with E-state index in [1.54, 1.807) is 31.2 Å². The van der Waals surface area contributed by atoms with E-state index in [1.165, 1.54) is 37.3 Å². The van der Waals surface area contributed by atoms with Gasteiger partial charge in [-0.15, -0.1) is 10.2 Å². The molecular weight excluding hydrogens is 528 g/mol. The van der Waals surface area contributed by atoms with E-state index in [0.29, 0.717) is 16.9 Å². The Hall–Kier alpha value is -3.79. The first-order valence-electron chi connectivity index (χ1n) is 10.4. The number of halogens is 1. The molecule has 0 saturated heterocycles. The summed E-state index contributed by atoms with van der Waals surface area (Å²) in [4.78, 5) is 25.1. The lowest BCUT2D eigenvalue weighted by Gasteiger charge is -2.12. The van der Waals surface area contributed by atoms with Crippen LogP contribution in [0.1, 0.15) is 29.8 Å². The number of benzene rings is 2. The van der Waals surface area contributed by atoms with E-state index < -0.39 is 21.7 Å². The summed E-state index contributed by atoms with van der Waals surface area (Å²) < 4.78 is 34.6. The Labute approximate surface area is 216 Å². The van der Waals surface area contributed by atoms with Gasteiger partial charge in [-0.2, -0.15) is 5.26 Å². The van der Waals surface area contributed by atoms with Crippen molar-refractivity contribution in [3.8, 4) is 17.6 Å². The van der Waals surface area contributed by atoms with E-state index in [2.05, 4.69) is 15.5 Å². The normalized spacial score (nSPS) is 11.4.